The van der Waals surface area contributed by atoms with Gasteiger partial charge in [-0.3, -0.25) is 9.89 Å². The molecule has 5 nitrogen and oxygen atoms in total. The summed E-state index contributed by atoms with van der Waals surface area (Å²) in [5, 5.41) is 16.6. The molecule has 5 heteroatoms. The monoisotopic (exact) mass is 253 g/mol. The van der Waals surface area contributed by atoms with Crippen LogP contribution in [0.2, 0.25) is 0 Å². The first-order valence-electron chi connectivity index (χ1n) is 6.21. The molecule has 1 aromatic rings. The molecule has 0 aliphatic rings. The van der Waals surface area contributed by atoms with E-state index in [2.05, 4.69) is 24.0 Å². The summed E-state index contributed by atoms with van der Waals surface area (Å²) in [6.45, 7) is 7.85. The number of nitrogens with zero attached hydrogens (tertiary/aromatic N) is 2. The average Bonchev–Trinajstić information content (AvgIpc) is 2.61. The molecule has 1 heterocycles. The molecule has 1 aromatic heterocycles. The smallest absolute Gasteiger partial charge is 0.274 e. The van der Waals surface area contributed by atoms with Crippen LogP contribution in [0.1, 0.15) is 43.9 Å². The van der Waals surface area contributed by atoms with E-state index in [1.54, 1.807) is 27.0 Å². The van der Waals surface area contributed by atoms with Gasteiger partial charge in [-0.05, 0) is 32.3 Å². The van der Waals surface area contributed by atoms with Gasteiger partial charge in [0.1, 0.15) is 5.69 Å². The van der Waals surface area contributed by atoms with Crippen molar-refractivity contribution in [3.05, 3.63) is 17.5 Å². The molecule has 18 heavy (non-hydrogen) atoms. The lowest BCUT2D eigenvalue weighted by molar-refractivity contribution is 0.0365. The fourth-order valence-electron chi connectivity index (χ4n) is 1.86. The van der Waals surface area contributed by atoms with Crippen LogP contribution < -0.4 is 0 Å². The standard InChI is InChI=1S/C13H23N3O2/c1-9(2)6-10-7-11(15-14-10)12(17)16(5)8-13(3,4)18/h7,9,18H,6,8H2,1-5H3,(H,14,15). The van der Waals surface area contributed by atoms with Crippen molar-refractivity contribution in [2.24, 2.45) is 5.92 Å². The molecule has 102 valence electrons. The molecule has 0 atom stereocenters. The first-order chi connectivity index (χ1) is 8.19. The van der Waals surface area contributed by atoms with Gasteiger partial charge in [0, 0.05) is 19.3 Å². The molecule has 0 spiro atoms. The van der Waals surface area contributed by atoms with Gasteiger partial charge in [-0.25, -0.2) is 0 Å². The molecule has 0 bridgehead atoms. The van der Waals surface area contributed by atoms with Gasteiger partial charge in [0.15, 0.2) is 0 Å². The van der Waals surface area contributed by atoms with E-state index in [-0.39, 0.29) is 12.5 Å². The Labute approximate surface area is 108 Å². The Bertz CT molecular complexity index is 405. The number of amides is 1. The molecule has 0 aromatic carbocycles. The third-order valence-electron chi connectivity index (χ3n) is 2.45. The van der Waals surface area contributed by atoms with Crippen molar-refractivity contribution in [1.29, 1.82) is 0 Å². The van der Waals surface area contributed by atoms with Crippen molar-refractivity contribution in [2.45, 2.75) is 39.7 Å². The maximum absolute atomic E-state index is 12.1. The van der Waals surface area contributed by atoms with Gasteiger partial charge in [-0.2, -0.15) is 5.10 Å². The summed E-state index contributed by atoms with van der Waals surface area (Å²) in [4.78, 5) is 13.5. The lowest BCUT2D eigenvalue weighted by Gasteiger charge is -2.24. The predicted molar refractivity (Wildman–Crippen MR) is 70.4 cm³/mol. The van der Waals surface area contributed by atoms with Crippen LogP contribution in [0.15, 0.2) is 6.07 Å². The summed E-state index contributed by atoms with van der Waals surface area (Å²) in [5.74, 6) is 0.339. The van der Waals surface area contributed by atoms with Crippen molar-refractivity contribution in [1.82, 2.24) is 15.1 Å². The highest BCUT2D eigenvalue weighted by Crippen LogP contribution is 2.10. The van der Waals surface area contributed by atoms with Gasteiger partial charge in [-0.1, -0.05) is 13.8 Å². The summed E-state index contributed by atoms with van der Waals surface area (Å²) in [6.07, 6.45) is 0.871. The van der Waals surface area contributed by atoms with Gasteiger partial charge in [0.25, 0.3) is 5.91 Å². The topological polar surface area (TPSA) is 69.2 Å². The van der Waals surface area contributed by atoms with Crippen molar-refractivity contribution in [3.63, 3.8) is 0 Å². The highest BCUT2D eigenvalue weighted by Gasteiger charge is 2.22. The Morgan fingerprint density at radius 2 is 2.17 bits per heavy atom. The largest absolute Gasteiger partial charge is 0.389 e. The van der Waals surface area contributed by atoms with Crippen LogP contribution in [-0.2, 0) is 6.42 Å². The van der Waals surface area contributed by atoms with Crippen molar-refractivity contribution in [3.8, 4) is 0 Å². The molecule has 1 amide bonds. The van der Waals surface area contributed by atoms with E-state index in [0.717, 1.165) is 12.1 Å². The molecule has 2 N–H and O–H groups in total. The highest BCUT2D eigenvalue weighted by atomic mass is 16.3. The lowest BCUT2D eigenvalue weighted by atomic mass is 10.1. The lowest BCUT2D eigenvalue weighted by Crippen LogP contribution is -2.39. The van der Waals surface area contributed by atoms with Crippen LogP contribution >= 0.6 is 0 Å². The number of carbonyl (C=O) groups is 1. The second kappa shape index (κ2) is 5.52. The fourth-order valence-corrected chi connectivity index (χ4v) is 1.86. The Hall–Kier alpha value is -1.36. The number of nitrogens with one attached hydrogen (secondary N) is 1. The number of aliphatic hydroxyl groups is 1. The molecular weight excluding hydrogens is 230 g/mol. The average molecular weight is 253 g/mol. The number of aromatic amines is 1. The minimum Gasteiger partial charge on any atom is -0.389 e. The first-order valence-corrected chi connectivity index (χ1v) is 6.21. The van der Waals surface area contributed by atoms with E-state index in [1.165, 1.54) is 4.90 Å². The summed E-state index contributed by atoms with van der Waals surface area (Å²) in [7, 11) is 1.66. The van der Waals surface area contributed by atoms with Gasteiger partial charge in [-0.15, -0.1) is 0 Å². The Morgan fingerprint density at radius 1 is 1.56 bits per heavy atom. The molecule has 0 radical (unpaired) electrons. The molecule has 1 rings (SSSR count). The Balaban J connectivity index is 2.69. The second-order valence-electron chi connectivity index (χ2n) is 5.85. The number of H-pyrrole nitrogens is 1. The molecule has 0 aliphatic heterocycles. The molecule has 0 unspecified atom stereocenters. The molecule has 0 saturated heterocycles. The maximum Gasteiger partial charge on any atom is 0.274 e. The van der Waals surface area contributed by atoms with Crippen LogP contribution in [0.4, 0.5) is 0 Å². The minimum atomic E-state index is -0.901. The van der Waals surface area contributed by atoms with E-state index in [1.807, 2.05) is 0 Å². The normalized spacial score (nSPS) is 11.9. The molecule has 0 saturated carbocycles. The predicted octanol–water partition coefficient (Wildman–Crippen LogP) is 1.45. The summed E-state index contributed by atoms with van der Waals surface area (Å²) < 4.78 is 0. The molecule has 0 fully saturated rings. The van der Waals surface area contributed by atoms with Gasteiger partial charge in [0.05, 0.1) is 5.60 Å². The van der Waals surface area contributed by atoms with E-state index in [0.29, 0.717) is 11.6 Å². The van der Waals surface area contributed by atoms with Gasteiger partial charge >= 0.3 is 0 Å². The minimum absolute atomic E-state index is 0.177. The van der Waals surface area contributed by atoms with E-state index < -0.39 is 5.60 Å². The van der Waals surface area contributed by atoms with Crippen LogP contribution in [0.25, 0.3) is 0 Å². The van der Waals surface area contributed by atoms with Crippen LogP contribution in [0, 0.1) is 5.92 Å². The zero-order chi connectivity index (χ0) is 13.9. The van der Waals surface area contributed by atoms with Crippen molar-refractivity contribution in [2.75, 3.05) is 13.6 Å². The number of hydrogen-bond acceptors (Lipinski definition) is 3. The number of hydrogen-bond donors (Lipinski definition) is 2. The SMILES string of the molecule is CC(C)Cc1cc(C(=O)N(C)CC(C)(C)O)n[nH]1. The zero-order valence-electron chi connectivity index (χ0n) is 11.8. The number of likely N-dealkylation sites (N-methyl/N-ethyl adjacent to an activating group) is 1. The third-order valence-corrected chi connectivity index (χ3v) is 2.45. The van der Waals surface area contributed by atoms with Crippen LogP contribution in [0.3, 0.4) is 0 Å². The van der Waals surface area contributed by atoms with Crippen molar-refractivity contribution < 1.29 is 9.90 Å². The highest BCUT2D eigenvalue weighted by molar-refractivity contribution is 5.92. The van der Waals surface area contributed by atoms with Crippen LogP contribution in [0.5, 0.6) is 0 Å². The quantitative estimate of drug-likeness (QED) is 0.834. The number of carbonyl (C=O) groups excluding carboxylic acids is 1. The van der Waals surface area contributed by atoms with Crippen molar-refractivity contribution >= 4 is 5.91 Å². The van der Waals surface area contributed by atoms with Gasteiger partial charge in [0.2, 0.25) is 0 Å². The zero-order valence-corrected chi connectivity index (χ0v) is 11.8. The van der Waals surface area contributed by atoms with E-state index in [9.17, 15) is 9.90 Å². The summed E-state index contributed by atoms with van der Waals surface area (Å²) >= 11 is 0. The van der Waals surface area contributed by atoms with Gasteiger partial charge < -0.3 is 10.0 Å². The molecule has 0 aliphatic carbocycles. The second-order valence-corrected chi connectivity index (χ2v) is 5.85. The number of aromatic nitrogens is 2. The Kier molecular flexibility index (Phi) is 4.51. The van der Waals surface area contributed by atoms with E-state index in [4.69, 9.17) is 0 Å². The van der Waals surface area contributed by atoms with E-state index >= 15 is 0 Å². The molecular formula is C13H23N3O2. The van der Waals surface area contributed by atoms with Crippen LogP contribution in [-0.4, -0.2) is 45.3 Å². The fraction of sp³-hybridized carbons (Fsp3) is 0.692. The Morgan fingerprint density at radius 3 is 2.67 bits per heavy atom. The number of rotatable bonds is 5. The third kappa shape index (κ3) is 4.49. The first kappa shape index (κ1) is 14.7. The summed E-state index contributed by atoms with van der Waals surface area (Å²) in [6, 6.07) is 1.78. The maximum atomic E-state index is 12.1. The summed E-state index contributed by atoms with van der Waals surface area (Å²) in [5.41, 5.74) is 0.462.